The molecule has 2 aromatic rings. The molecule has 0 bridgehead atoms. The highest BCUT2D eigenvalue weighted by atomic mass is 16.5. The zero-order valence-corrected chi connectivity index (χ0v) is 15.2. The maximum atomic E-state index is 5.57. The van der Waals surface area contributed by atoms with Gasteiger partial charge in [-0.2, -0.15) is 0 Å². The molecule has 0 heterocycles. The van der Waals surface area contributed by atoms with Gasteiger partial charge in [-0.15, -0.1) is 0 Å². The van der Waals surface area contributed by atoms with E-state index >= 15 is 0 Å². The molecule has 0 aliphatic heterocycles. The zero-order valence-electron chi connectivity index (χ0n) is 15.2. The summed E-state index contributed by atoms with van der Waals surface area (Å²) in [4.78, 5) is 2.45. The van der Waals surface area contributed by atoms with Crippen molar-refractivity contribution in [1.82, 2.24) is 10.2 Å². The van der Waals surface area contributed by atoms with Crippen LogP contribution in [-0.2, 0) is 19.6 Å². The first kappa shape index (κ1) is 18.5. The first-order chi connectivity index (χ1) is 11.8. The smallest absolute Gasteiger partial charge is 0.119 e. The number of rotatable bonds is 10. The molecule has 0 amide bonds. The highest BCUT2D eigenvalue weighted by Gasteiger charge is 2.06. The highest BCUT2D eigenvalue weighted by molar-refractivity contribution is 5.29. The largest absolute Gasteiger partial charge is 0.494 e. The van der Waals surface area contributed by atoms with Gasteiger partial charge in [0, 0.05) is 19.6 Å². The number of nitrogens with one attached hydrogen (secondary N) is 1. The van der Waals surface area contributed by atoms with Gasteiger partial charge in [0.15, 0.2) is 0 Å². The van der Waals surface area contributed by atoms with Crippen molar-refractivity contribution in [3.63, 3.8) is 0 Å². The summed E-state index contributed by atoms with van der Waals surface area (Å²) in [5.74, 6) is 0.943. The Kier molecular flexibility index (Phi) is 7.80. The standard InChI is InChI=1S/C21H30N2O/c1-4-23(5-2)17-20-12-8-7-11-19(20)16-22-15-18-10-9-13-21(14-18)24-6-3/h7-14,22H,4-6,15-17H2,1-3H3. The van der Waals surface area contributed by atoms with Gasteiger partial charge in [-0.25, -0.2) is 0 Å². The van der Waals surface area contributed by atoms with Crippen molar-refractivity contribution in [3.05, 3.63) is 65.2 Å². The van der Waals surface area contributed by atoms with Crippen molar-refractivity contribution in [3.8, 4) is 5.75 Å². The van der Waals surface area contributed by atoms with Crippen LogP contribution in [0.15, 0.2) is 48.5 Å². The molecule has 1 N–H and O–H groups in total. The van der Waals surface area contributed by atoms with E-state index in [9.17, 15) is 0 Å². The number of hydrogen-bond donors (Lipinski definition) is 1. The third kappa shape index (κ3) is 5.66. The molecular weight excluding hydrogens is 296 g/mol. The van der Waals surface area contributed by atoms with Gasteiger partial charge < -0.3 is 10.1 Å². The normalized spacial score (nSPS) is 11.0. The van der Waals surface area contributed by atoms with E-state index in [1.54, 1.807) is 0 Å². The molecule has 0 aliphatic rings. The van der Waals surface area contributed by atoms with Gasteiger partial charge in [-0.1, -0.05) is 50.2 Å². The molecule has 130 valence electrons. The Morgan fingerprint density at radius 1 is 0.875 bits per heavy atom. The Hall–Kier alpha value is -1.84. The SMILES string of the molecule is CCOc1cccc(CNCc2ccccc2CN(CC)CC)c1. The van der Waals surface area contributed by atoms with Gasteiger partial charge in [-0.05, 0) is 48.8 Å². The predicted octanol–water partition coefficient (Wildman–Crippen LogP) is 4.22. The lowest BCUT2D eigenvalue weighted by molar-refractivity contribution is 0.294. The molecule has 0 atom stereocenters. The van der Waals surface area contributed by atoms with Crippen LogP contribution in [0.5, 0.6) is 5.75 Å². The van der Waals surface area contributed by atoms with Crippen molar-refractivity contribution < 1.29 is 4.74 Å². The molecule has 0 radical (unpaired) electrons. The van der Waals surface area contributed by atoms with E-state index in [0.717, 1.165) is 38.5 Å². The van der Waals surface area contributed by atoms with Crippen LogP contribution in [-0.4, -0.2) is 24.6 Å². The van der Waals surface area contributed by atoms with Crippen LogP contribution in [0.4, 0.5) is 0 Å². The Morgan fingerprint density at radius 2 is 1.62 bits per heavy atom. The summed E-state index contributed by atoms with van der Waals surface area (Å²) < 4.78 is 5.57. The zero-order chi connectivity index (χ0) is 17.2. The molecule has 0 spiro atoms. The fourth-order valence-electron chi connectivity index (χ4n) is 2.83. The molecule has 2 rings (SSSR count). The molecule has 0 saturated carbocycles. The number of hydrogen-bond acceptors (Lipinski definition) is 3. The van der Waals surface area contributed by atoms with Crippen LogP contribution in [0.2, 0.25) is 0 Å². The minimum atomic E-state index is 0.704. The van der Waals surface area contributed by atoms with E-state index in [1.807, 2.05) is 13.0 Å². The Bertz CT molecular complexity index is 608. The van der Waals surface area contributed by atoms with Crippen molar-refractivity contribution in [2.24, 2.45) is 0 Å². The molecule has 3 heteroatoms. The summed E-state index contributed by atoms with van der Waals surface area (Å²) in [6, 6.07) is 17.0. The van der Waals surface area contributed by atoms with Crippen LogP contribution in [0.25, 0.3) is 0 Å². The molecule has 0 aliphatic carbocycles. The molecule has 0 saturated heterocycles. The molecule has 0 fully saturated rings. The van der Waals surface area contributed by atoms with Gasteiger partial charge in [0.25, 0.3) is 0 Å². The summed E-state index contributed by atoms with van der Waals surface area (Å²) >= 11 is 0. The van der Waals surface area contributed by atoms with Crippen LogP contribution in [0.3, 0.4) is 0 Å². The molecular formula is C21H30N2O. The van der Waals surface area contributed by atoms with Crippen molar-refractivity contribution in [2.75, 3.05) is 19.7 Å². The number of nitrogens with zero attached hydrogens (tertiary/aromatic N) is 1. The van der Waals surface area contributed by atoms with Gasteiger partial charge in [0.2, 0.25) is 0 Å². The minimum Gasteiger partial charge on any atom is -0.494 e. The fourth-order valence-corrected chi connectivity index (χ4v) is 2.83. The van der Waals surface area contributed by atoms with E-state index in [0.29, 0.717) is 6.61 Å². The Morgan fingerprint density at radius 3 is 2.33 bits per heavy atom. The van der Waals surface area contributed by atoms with Crippen LogP contribution in [0, 0.1) is 0 Å². The lowest BCUT2D eigenvalue weighted by Gasteiger charge is -2.20. The Labute approximate surface area is 146 Å². The quantitative estimate of drug-likeness (QED) is 0.707. The van der Waals surface area contributed by atoms with Gasteiger partial charge in [-0.3, -0.25) is 4.90 Å². The van der Waals surface area contributed by atoms with Crippen LogP contribution >= 0.6 is 0 Å². The molecule has 24 heavy (non-hydrogen) atoms. The highest BCUT2D eigenvalue weighted by Crippen LogP contribution is 2.14. The molecule has 3 nitrogen and oxygen atoms in total. The topological polar surface area (TPSA) is 24.5 Å². The molecule has 0 unspecified atom stereocenters. The number of benzene rings is 2. The van der Waals surface area contributed by atoms with Gasteiger partial charge >= 0.3 is 0 Å². The maximum Gasteiger partial charge on any atom is 0.119 e. The molecule has 2 aromatic carbocycles. The summed E-state index contributed by atoms with van der Waals surface area (Å²) in [5.41, 5.74) is 4.05. The Balaban J connectivity index is 1.93. The van der Waals surface area contributed by atoms with Gasteiger partial charge in [0.1, 0.15) is 5.75 Å². The summed E-state index contributed by atoms with van der Waals surface area (Å²) in [7, 11) is 0. The summed E-state index contributed by atoms with van der Waals surface area (Å²) in [5, 5.41) is 3.56. The monoisotopic (exact) mass is 326 g/mol. The first-order valence-corrected chi connectivity index (χ1v) is 8.98. The van der Waals surface area contributed by atoms with E-state index < -0.39 is 0 Å². The average Bonchev–Trinajstić information content (AvgIpc) is 2.61. The third-order valence-corrected chi connectivity index (χ3v) is 4.26. The van der Waals surface area contributed by atoms with Crippen LogP contribution in [0.1, 0.15) is 37.5 Å². The maximum absolute atomic E-state index is 5.57. The van der Waals surface area contributed by atoms with E-state index in [-0.39, 0.29) is 0 Å². The van der Waals surface area contributed by atoms with Crippen molar-refractivity contribution in [1.29, 1.82) is 0 Å². The second-order valence-electron chi connectivity index (χ2n) is 5.91. The van der Waals surface area contributed by atoms with E-state index in [2.05, 4.69) is 66.5 Å². The molecule has 0 aromatic heterocycles. The average molecular weight is 326 g/mol. The van der Waals surface area contributed by atoms with E-state index in [1.165, 1.54) is 16.7 Å². The summed E-state index contributed by atoms with van der Waals surface area (Å²) in [6.45, 7) is 12.1. The van der Waals surface area contributed by atoms with Crippen molar-refractivity contribution >= 4 is 0 Å². The third-order valence-electron chi connectivity index (χ3n) is 4.26. The lowest BCUT2D eigenvalue weighted by atomic mass is 10.1. The predicted molar refractivity (Wildman–Crippen MR) is 101 cm³/mol. The van der Waals surface area contributed by atoms with Gasteiger partial charge in [0.05, 0.1) is 6.61 Å². The van der Waals surface area contributed by atoms with Crippen LogP contribution < -0.4 is 10.1 Å². The fraction of sp³-hybridized carbons (Fsp3) is 0.429. The van der Waals surface area contributed by atoms with Crippen molar-refractivity contribution in [2.45, 2.75) is 40.4 Å². The number of ether oxygens (including phenoxy) is 1. The lowest BCUT2D eigenvalue weighted by Crippen LogP contribution is -2.23. The second-order valence-corrected chi connectivity index (χ2v) is 5.91. The first-order valence-electron chi connectivity index (χ1n) is 8.98. The summed E-state index contributed by atoms with van der Waals surface area (Å²) in [6.07, 6.45) is 0. The minimum absolute atomic E-state index is 0.704. The van der Waals surface area contributed by atoms with E-state index in [4.69, 9.17) is 4.74 Å². The second kappa shape index (κ2) is 10.1.